The Labute approximate surface area is 251 Å². The predicted molar refractivity (Wildman–Crippen MR) is 160 cm³/mol. The lowest BCUT2D eigenvalue weighted by atomic mass is 9.65. The standard InChI is InChI=1S/C33H37ClN2O6/c1-4-7-20-41-31(40)27-26-29(38)36(25(21-37)22-11-9-8-10-12-22)28(33(26)18-17-32(27,6-3)42-33)30(39)35(19-5-2)24-15-13-23(34)14-16-24/h4-5,8-16,25-28,37H,1-2,6-7,17-21H2,3H3/t25-,26+,27+,28?,32-,33?/m1/s1. The minimum absolute atomic E-state index is 0.144. The summed E-state index contributed by atoms with van der Waals surface area (Å²) >= 11 is 6.14. The topological polar surface area (TPSA) is 96.4 Å². The molecule has 3 fully saturated rings. The van der Waals surface area contributed by atoms with Gasteiger partial charge in [0.25, 0.3) is 5.91 Å². The van der Waals surface area contributed by atoms with Gasteiger partial charge in [-0.25, -0.2) is 0 Å². The Morgan fingerprint density at radius 1 is 1.17 bits per heavy atom. The number of hydrogen-bond donors (Lipinski definition) is 1. The van der Waals surface area contributed by atoms with Crippen molar-refractivity contribution in [1.29, 1.82) is 0 Å². The number of rotatable bonds is 12. The number of likely N-dealkylation sites (tertiary alicyclic amines) is 1. The molecule has 0 aromatic heterocycles. The molecule has 2 amide bonds. The van der Waals surface area contributed by atoms with Crippen molar-refractivity contribution in [2.75, 3.05) is 24.7 Å². The number of aliphatic hydroxyl groups excluding tert-OH is 1. The normalized spacial score (nSPS) is 28.3. The van der Waals surface area contributed by atoms with Crippen molar-refractivity contribution in [3.05, 3.63) is 90.5 Å². The second kappa shape index (κ2) is 12.0. The molecule has 1 spiro atoms. The van der Waals surface area contributed by atoms with Gasteiger partial charge in [0.05, 0.1) is 30.8 Å². The van der Waals surface area contributed by atoms with E-state index in [1.165, 1.54) is 4.90 Å². The molecule has 2 aromatic rings. The van der Waals surface area contributed by atoms with Crippen LogP contribution in [0.2, 0.25) is 5.02 Å². The molecule has 2 aromatic carbocycles. The van der Waals surface area contributed by atoms with Crippen molar-refractivity contribution in [2.45, 2.75) is 55.9 Å². The number of benzene rings is 2. The van der Waals surface area contributed by atoms with E-state index in [0.29, 0.717) is 42.0 Å². The molecule has 2 bridgehead atoms. The molecule has 0 radical (unpaired) electrons. The van der Waals surface area contributed by atoms with Gasteiger partial charge in [-0.1, -0.05) is 61.0 Å². The highest BCUT2D eigenvalue weighted by Crippen LogP contribution is 2.65. The van der Waals surface area contributed by atoms with Gasteiger partial charge in [0, 0.05) is 17.3 Å². The van der Waals surface area contributed by atoms with Crippen LogP contribution in [-0.2, 0) is 23.9 Å². The van der Waals surface area contributed by atoms with E-state index in [1.54, 1.807) is 41.3 Å². The lowest BCUT2D eigenvalue weighted by Crippen LogP contribution is -2.57. The Kier molecular flexibility index (Phi) is 8.60. The van der Waals surface area contributed by atoms with Crippen LogP contribution in [0, 0.1) is 11.8 Å². The smallest absolute Gasteiger partial charge is 0.312 e. The van der Waals surface area contributed by atoms with Crippen molar-refractivity contribution in [3.8, 4) is 0 Å². The Morgan fingerprint density at radius 3 is 2.50 bits per heavy atom. The third-order valence-electron chi connectivity index (χ3n) is 9.08. The highest BCUT2D eigenvalue weighted by molar-refractivity contribution is 6.30. The van der Waals surface area contributed by atoms with Crippen molar-refractivity contribution >= 4 is 35.1 Å². The number of amides is 2. The first-order valence-corrected chi connectivity index (χ1v) is 14.8. The van der Waals surface area contributed by atoms with Crippen LogP contribution in [0.1, 0.15) is 44.2 Å². The van der Waals surface area contributed by atoms with Gasteiger partial charge in [-0.05, 0) is 55.5 Å². The zero-order valence-corrected chi connectivity index (χ0v) is 24.5. The number of ether oxygens (including phenoxy) is 2. The summed E-state index contributed by atoms with van der Waals surface area (Å²) in [6.45, 7) is 9.37. The van der Waals surface area contributed by atoms with Crippen molar-refractivity contribution in [2.24, 2.45) is 11.8 Å². The van der Waals surface area contributed by atoms with Crippen molar-refractivity contribution in [3.63, 3.8) is 0 Å². The molecule has 3 aliphatic rings. The van der Waals surface area contributed by atoms with Crippen LogP contribution in [0.4, 0.5) is 5.69 Å². The molecular weight excluding hydrogens is 556 g/mol. The van der Waals surface area contributed by atoms with Crippen LogP contribution in [-0.4, -0.2) is 64.8 Å². The second-order valence-electron chi connectivity index (χ2n) is 11.1. The van der Waals surface area contributed by atoms with E-state index in [9.17, 15) is 19.5 Å². The number of aliphatic hydroxyl groups is 1. The summed E-state index contributed by atoms with van der Waals surface area (Å²) in [7, 11) is 0. The van der Waals surface area contributed by atoms with Gasteiger partial charge in [0.1, 0.15) is 17.6 Å². The molecule has 6 atom stereocenters. The maximum atomic E-state index is 14.8. The Bertz CT molecular complexity index is 1350. The number of esters is 1. The SMILES string of the molecule is C=CCCOC(=O)[C@@H]1[C@H]2C(=O)N([C@H](CO)c3ccccc3)C(C(=O)N(CC=C)c3ccc(Cl)cc3)C23CC[C@@]1(CC)O3. The first kappa shape index (κ1) is 30.0. The van der Waals surface area contributed by atoms with E-state index in [-0.39, 0.29) is 19.1 Å². The van der Waals surface area contributed by atoms with E-state index in [0.717, 1.165) is 0 Å². The summed E-state index contributed by atoms with van der Waals surface area (Å²) in [5.41, 5.74) is -0.953. The molecule has 9 heteroatoms. The number of nitrogens with zero attached hydrogens (tertiary/aromatic N) is 2. The highest BCUT2D eigenvalue weighted by atomic mass is 35.5. The van der Waals surface area contributed by atoms with Gasteiger partial charge < -0.3 is 24.4 Å². The quantitative estimate of drug-likeness (QED) is 0.215. The van der Waals surface area contributed by atoms with Crippen molar-refractivity contribution < 1.29 is 29.0 Å². The number of carbonyl (C=O) groups is 3. The lowest BCUT2D eigenvalue weighted by Gasteiger charge is -2.39. The summed E-state index contributed by atoms with van der Waals surface area (Å²) in [4.78, 5) is 46.1. The molecule has 222 valence electrons. The number of halogens is 1. The number of fused-ring (bicyclic) bond motifs is 1. The summed E-state index contributed by atoms with van der Waals surface area (Å²) in [6, 6.07) is 14.0. The molecule has 5 rings (SSSR count). The van der Waals surface area contributed by atoms with E-state index in [4.69, 9.17) is 21.1 Å². The molecule has 8 nitrogen and oxygen atoms in total. The highest BCUT2D eigenvalue weighted by Gasteiger charge is 2.79. The van der Waals surface area contributed by atoms with E-state index in [1.807, 2.05) is 37.3 Å². The van der Waals surface area contributed by atoms with Crippen LogP contribution in [0.3, 0.4) is 0 Å². The summed E-state index contributed by atoms with van der Waals surface area (Å²) in [6.07, 6.45) is 5.16. The van der Waals surface area contributed by atoms with Crippen LogP contribution in [0.5, 0.6) is 0 Å². The maximum Gasteiger partial charge on any atom is 0.312 e. The average Bonchev–Trinajstić information content (AvgIpc) is 3.61. The lowest BCUT2D eigenvalue weighted by molar-refractivity contribution is -0.162. The summed E-state index contributed by atoms with van der Waals surface area (Å²) in [5, 5.41) is 11.2. The van der Waals surface area contributed by atoms with Crippen LogP contribution >= 0.6 is 11.6 Å². The van der Waals surface area contributed by atoms with Crippen LogP contribution < -0.4 is 4.90 Å². The summed E-state index contributed by atoms with van der Waals surface area (Å²) < 4.78 is 12.5. The summed E-state index contributed by atoms with van der Waals surface area (Å²) in [5.74, 6) is -3.11. The van der Waals surface area contributed by atoms with Gasteiger partial charge in [-0.15, -0.1) is 13.2 Å². The van der Waals surface area contributed by atoms with Gasteiger partial charge in [-0.2, -0.15) is 0 Å². The molecule has 3 saturated heterocycles. The Morgan fingerprint density at radius 2 is 1.88 bits per heavy atom. The fourth-order valence-electron chi connectivity index (χ4n) is 7.21. The molecule has 0 saturated carbocycles. The third kappa shape index (κ3) is 4.75. The first-order valence-electron chi connectivity index (χ1n) is 14.4. The van der Waals surface area contributed by atoms with Gasteiger partial charge >= 0.3 is 5.97 Å². The molecule has 42 heavy (non-hydrogen) atoms. The van der Waals surface area contributed by atoms with Gasteiger partial charge in [0.15, 0.2) is 0 Å². The van der Waals surface area contributed by atoms with Crippen LogP contribution in [0.15, 0.2) is 79.9 Å². The first-order chi connectivity index (χ1) is 20.3. The van der Waals surface area contributed by atoms with Crippen molar-refractivity contribution in [1.82, 2.24) is 4.90 Å². The zero-order chi connectivity index (χ0) is 30.1. The minimum Gasteiger partial charge on any atom is -0.465 e. The molecule has 2 unspecified atom stereocenters. The Hall–Kier alpha value is -3.46. The second-order valence-corrected chi connectivity index (χ2v) is 11.6. The average molecular weight is 593 g/mol. The maximum absolute atomic E-state index is 14.8. The van der Waals surface area contributed by atoms with Crippen LogP contribution in [0.25, 0.3) is 0 Å². The van der Waals surface area contributed by atoms with Gasteiger partial charge in [0.2, 0.25) is 5.91 Å². The third-order valence-corrected chi connectivity index (χ3v) is 9.33. The molecule has 3 aliphatic heterocycles. The predicted octanol–water partition coefficient (Wildman–Crippen LogP) is 4.87. The monoisotopic (exact) mass is 592 g/mol. The Balaban J connectivity index is 1.65. The minimum atomic E-state index is -1.28. The van der Waals surface area contributed by atoms with E-state index in [2.05, 4.69) is 13.2 Å². The molecule has 1 N–H and O–H groups in total. The molecular formula is C33H37ClN2O6. The van der Waals surface area contributed by atoms with E-state index >= 15 is 0 Å². The largest absolute Gasteiger partial charge is 0.465 e. The number of carbonyl (C=O) groups excluding carboxylic acids is 3. The van der Waals surface area contributed by atoms with E-state index < -0.39 is 53.6 Å². The zero-order valence-electron chi connectivity index (χ0n) is 23.8. The molecule has 3 heterocycles. The molecule has 0 aliphatic carbocycles. The number of anilines is 1. The number of hydrogen-bond acceptors (Lipinski definition) is 6. The van der Waals surface area contributed by atoms with Gasteiger partial charge in [-0.3, -0.25) is 14.4 Å². The fourth-order valence-corrected chi connectivity index (χ4v) is 7.34. The fraction of sp³-hybridized carbons (Fsp3) is 0.424.